The number of nitrogen functional groups attached to an aromatic ring is 1. The molecule has 0 aliphatic heterocycles. The van der Waals surface area contributed by atoms with Crippen molar-refractivity contribution in [3.8, 4) is 0 Å². The number of hydrogen-bond donors (Lipinski definition) is 1. The molecule has 0 bridgehead atoms. The Balaban J connectivity index is 2.45. The second-order valence-electron chi connectivity index (χ2n) is 3.79. The van der Waals surface area contributed by atoms with E-state index in [-0.39, 0.29) is 5.82 Å². The number of nitrogens with zero attached hydrogens (tertiary/aromatic N) is 2. The third kappa shape index (κ3) is 2.54. The first kappa shape index (κ1) is 12.6. The molecule has 18 heavy (non-hydrogen) atoms. The maximum Gasteiger partial charge on any atom is 0.156 e. The zero-order valence-electron chi connectivity index (χ0n) is 9.90. The molecule has 0 aliphatic carbocycles. The van der Waals surface area contributed by atoms with Gasteiger partial charge in [0.15, 0.2) is 5.82 Å². The lowest BCUT2D eigenvalue weighted by Crippen LogP contribution is -2.19. The lowest BCUT2D eigenvalue weighted by molar-refractivity contribution is 0.627. The van der Waals surface area contributed by atoms with E-state index in [0.717, 1.165) is 0 Å². The van der Waals surface area contributed by atoms with Crippen LogP contribution in [0.5, 0.6) is 0 Å². The second kappa shape index (κ2) is 5.23. The molecule has 0 unspecified atom stereocenters. The van der Waals surface area contributed by atoms with Gasteiger partial charge in [-0.3, -0.25) is 0 Å². The quantitative estimate of drug-likeness (QED) is 0.922. The van der Waals surface area contributed by atoms with Gasteiger partial charge in [0.25, 0.3) is 0 Å². The number of hydrogen-bond acceptors (Lipinski definition) is 3. The lowest BCUT2D eigenvalue weighted by atomic mass is 10.2. The fourth-order valence-electron chi connectivity index (χ4n) is 1.77. The largest absolute Gasteiger partial charge is 0.396 e. The highest BCUT2D eigenvalue weighted by Gasteiger charge is 2.12. The smallest absolute Gasteiger partial charge is 0.156 e. The van der Waals surface area contributed by atoms with Crippen molar-refractivity contribution in [2.75, 3.05) is 17.2 Å². The molecule has 3 nitrogen and oxygen atoms in total. The van der Waals surface area contributed by atoms with Crippen LogP contribution in [0.3, 0.4) is 0 Å². The van der Waals surface area contributed by atoms with Crippen molar-refractivity contribution in [2.24, 2.45) is 0 Å². The molecule has 1 aromatic carbocycles. The summed E-state index contributed by atoms with van der Waals surface area (Å²) in [6.07, 6.45) is 1.52. The Morgan fingerprint density at radius 3 is 2.78 bits per heavy atom. The van der Waals surface area contributed by atoms with Gasteiger partial charge in [0.2, 0.25) is 0 Å². The van der Waals surface area contributed by atoms with Crippen LogP contribution < -0.4 is 10.6 Å². The summed E-state index contributed by atoms with van der Waals surface area (Å²) in [5.74, 6) is 0.283. The maximum atomic E-state index is 13.2. The Morgan fingerprint density at radius 2 is 2.17 bits per heavy atom. The number of benzene rings is 1. The van der Waals surface area contributed by atoms with E-state index in [2.05, 4.69) is 4.98 Å². The Kier molecular flexibility index (Phi) is 3.67. The molecule has 1 aromatic heterocycles. The Labute approximate surface area is 110 Å². The highest BCUT2D eigenvalue weighted by atomic mass is 35.5. The number of anilines is 3. The predicted molar refractivity (Wildman–Crippen MR) is 72.7 cm³/mol. The van der Waals surface area contributed by atoms with Crippen molar-refractivity contribution in [1.82, 2.24) is 4.98 Å². The van der Waals surface area contributed by atoms with Gasteiger partial charge in [0.05, 0.1) is 10.7 Å². The first-order chi connectivity index (χ1) is 8.61. The summed E-state index contributed by atoms with van der Waals surface area (Å²) in [7, 11) is 0. The third-order valence-electron chi connectivity index (χ3n) is 2.55. The maximum absolute atomic E-state index is 13.2. The van der Waals surface area contributed by atoms with Gasteiger partial charge in [-0.2, -0.15) is 0 Å². The first-order valence-corrected chi connectivity index (χ1v) is 5.93. The number of nitrogens with two attached hydrogens (primary N) is 1. The molecule has 0 amide bonds. The van der Waals surface area contributed by atoms with E-state index < -0.39 is 0 Å². The fraction of sp³-hybridized carbons (Fsp3) is 0.154. The zero-order chi connectivity index (χ0) is 13.1. The van der Waals surface area contributed by atoms with E-state index in [1.54, 1.807) is 12.1 Å². The van der Waals surface area contributed by atoms with Crippen LogP contribution in [-0.4, -0.2) is 11.5 Å². The predicted octanol–water partition coefficient (Wildman–Crippen LogP) is 3.61. The molecule has 94 valence electrons. The van der Waals surface area contributed by atoms with E-state index in [0.29, 0.717) is 28.8 Å². The standard InChI is InChI=1S/C13H13ClFN3/c1-2-18(11-5-3-4-10(15)7-11)13-12(16)6-9(14)8-17-13/h3-8H,2,16H2,1H3. The van der Waals surface area contributed by atoms with Crippen LogP contribution in [0, 0.1) is 5.82 Å². The lowest BCUT2D eigenvalue weighted by Gasteiger charge is -2.23. The summed E-state index contributed by atoms with van der Waals surface area (Å²) in [4.78, 5) is 6.03. The molecule has 0 aliphatic rings. The summed E-state index contributed by atoms with van der Waals surface area (Å²) in [6, 6.07) is 7.93. The van der Waals surface area contributed by atoms with Gasteiger partial charge in [-0.1, -0.05) is 17.7 Å². The van der Waals surface area contributed by atoms with Crippen LogP contribution in [0.4, 0.5) is 21.6 Å². The summed E-state index contributed by atoms with van der Waals surface area (Å²) in [5.41, 5.74) is 7.06. The molecule has 1 heterocycles. The second-order valence-corrected chi connectivity index (χ2v) is 4.23. The summed E-state index contributed by atoms with van der Waals surface area (Å²) in [5, 5.41) is 0.478. The van der Waals surface area contributed by atoms with E-state index in [4.69, 9.17) is 17.3 Å². The van der Waals surface area contributed by atoms with Crippen LogP contribution in [0.1, 0.15) is 6.92 Å². The van der Waals surface area contributed by atoms with Crippen molar-refractivity contribution in [2.45, 2.75) is 6.92 Å². The van der Waals surface area contributed by atoms with E-state index in [9.17, 15) is 4.39 Å². The Hall–Kier alpha value is -1.81. The van der Waals surface area contributed by atoms with Crippen LogP contribution >= 0.6 is 11.6 Å². The summed E-state index contributed by atoms with van der Waals surface area (Å²) < 4.78 is 13.2. The first-order valence-electron chi connectivity index (χ1n) is 5.56. The van der Waals surface area contributed by atoms with Crippen molar-refractivity contribution >= 4 is 28.8 Å². The summed E-state index contributed by atoms with van der Waals surface area (Å²) in [6.45, 7) is 2.57. The Bertz CT molecular complexity index is 560. The highest BCUT2D eigenvalue weighted by molar-refractivity contribution is 6.30. The molecule has 0 saturated carbocycles. The molecule has 0 spiro atoms. The summed E-state index contributed by atoms with van der Waals surface area (Å²) >= 11 is 5.82. The van der Waals surface area contributed by atoms with E-state index in [1.807, 2.05) is 17.9 Å². The van der Waals surface area contributed by atoms with Gasteiger partial charge in [-0.25, -0.2) is 9.37 Å². The molecule has 5 heteroatoms. The minimum Gasteiger partial charge on any atom is -0.396 e. The van der Waals surface area contributed by atoms with Gasteiger partial charge in [-0.15, -0.1) is 0 Å². The number of aromatic nitrogens is 1. The molecular weight excluding hydrogens is 253 g/mol. The van der Waals surface area contributed by atoms with Crippen LogP contribution in [-0.2, 0) is 0 Å². The minimum atomic E-state index is -0.293. The minimum absolute atomic E-state index is 0.293. The number of halogens is 2. The van der Waals surface area contributed by atoms with Crippen LogP contribution in [0.15, 0.2) is 36.5 Å². The van der Waals surface area contributed by atoms with E-state index in [1.165, 1.54) is 18.3 Å². The molecule has 0 saturated heterocycles. The van der Waals surface area contributed by atoms with Gasteiger partial charge in [-0.05, 0) is 31.2 Å². The number of pyridine rings is 1. The molecule has 2 aromatic rings. The highest BCUT2D eigenvalue weighted by Crippen LogP contribution is 2.29. The van der Waals surface area contributed by atoms with Gasteiger partial charge >= 0.3 is 0 Å². The number of rotatable bonds is 3. The SMILES string of the molecule is CCN(c1cccc(F)c1)c1ncc(Cl)cc1N. The molecule has 0 fully saturated rings. The molecular formula is C13H13ClFN3. The van der Waals surface area contributed by atoms with Crippen molar-refractivity contribution in [3.63, 3.8) is 0 Å². The van der Waals surface area contributed by atoms with Crippen LogP contribution in [0.2, 0.25) is 5.02 Å². The molecule has 0 radical (unpaired) electrons. The van der Waals surface area contributed by atoms with Gasteiger partial charge in [0, 0.05) is 18.4 Å². The van der Waals surface area contributed by atoms with Crippen LogP contribution in [0.25, 0.3) is 0 Å². The molecule has 0 atom stereocenters. The average molecular weight is 266 g/mol. The zero-order valence-corrected chi connectivity index (χ0v) is 10.7. The van der Waals surface area contributed by atoms with Gasteiger partial charge in [0.1, 0.15) is 5.82 Å². The monoisotopic (exact) mass is 265 g/mol. The van der Waals surface area contributed by atoms with Crippen molar-refractivity contribution in [3.05, 3.63) is 47.4 Å². The molecule has 2 N–H and O–H groups in total. The normalized spacial score (nSPS) is 10.4. The average Bonchev–Trinajstić information content (AvgIpc) is 2.33. The Morgan fingerprint density at radius 1 is 1.39 bits per heavy atom. The van der Waals surface area contributed by atoms with Gasteiger partial charge < -0.3 is 10.6 Å². The fourth-order valence-corrected chi connectivity index (χ4v) is 1.94. The topological polar surface area (TPSA) is 42.2 Å². The third-order valence-corrected chi connectivity index (χ3v) is 2.76. The van der Waals surface area contributed by atoms with Crippen molar-refractivity contribution in [1.29, 1.82) is 0 Å². The molecule has 2 rings (SSSR count). The van der Waals surface area contributed by atoms with Crippen molar-refractivity contribution < 1.29 is 4.39 Å². The van der Waals surface area contributed by atoms with E-state index >= 15 is 0 Å².